The molecule has 0 aliphatic rings. The van der Waals surface area contributed by atoms with Crippen LogP contribution in [0.5, 0.6) is 0 Å². The van der Waals surface area contributed by atoms with Gasteiger partial charge in [-0.25, -0.2) is 9.13 Å². The number of phosphoric ester groups is 2. The Kier molecular flexibility index (Phi) is 75.4. The zero-order valence-electron chi connectivity index (χ0n) is 67.5. The molecule has 0 bridgehead atoms. The number of carbonyl (C=O) groups is 4. The molecule has 0 fully saturated rings. The molecule has 6 atom stereocenters. The van der Waals surface area contributed by atoms with Crippen molar-refractivity contribution in [3.63, 3.8) is 0 Å². The summed E-state index contributed by atoms with van der Waals surface area (Å²) >= 11 is 0. The highest BCUT2D eigenvalue weighted by atomic mass is 31.2. The summed E-state index contributed by atoms with van der Waals surface area (Å²) in [7, 11) is -9.92. The molecule has 0 spiro atoms. The van der Waals surface area contributed by atoms with Crippen LogP contribution in [-0.2, 0) is 65.4 Å². The van der Waals surface area contributed by atoms with Crippen LogP contribution in [-0.4, -0.2) is 96.7 Å². The highest BCUT2D eigenvalue weighted by Crippen LogP contribution is 2.45. The number of aliphatic hydroxyl groups is 1. The lowest BCUT2D eigenvalue weighted by atomic mass is 9.99. The molecule has 0 radical (unpaired) electrons. The van der Waals surface area contributed by atoms with Crippen LogP contribution < -0.4 is 0 Å². The SMILES string of the molecule is CCCCCCCCCCCCCCCCCCCCCCCCC(=O)O[C@H](COC(=O)CCCCCCCCCCCCCCCCCC)COP(=O)(O)OC[C@@H](O)COP(=O)(O)OC[C@@H](COC(=O)CCCCCCCCCCC(C)CC)OC(=O)CCCCCCCCCCCCCCC. The van der Waals surface area contributed by atoms with E-state index in [-0.39, 0.29) is 25.7 Å². The Labute approximate surface area is 632 Å². The number of rotatable bonds is 84. The van der Waals surface area contributed by atoms with Gasteiger partial charge in [0.25, 0.3) is 0 Å². The third kappa shape index (κ3) is 76.6. The van der Waals surface area contributed by atoms with Gasteiger partial charge in [0.1, 0.15) is 19.3 Å². The van der Waals surface area contributed by atoms with Gasteiger partial charge in [-0.05, 0) is 31.6 Å². The summed E-state index contributed by atoms with van der Waals surface area (Å²) < 4.78 is 68.8. The molecule has 3 N–H and O–H groups in total. The first-order valence-electron chi connectivity index (χ1n) is 43.7. The molecule has 0 heterocycles. The summed E-state index contributed by atoms with van der Waals surface area (Å²) in [5.74, 6) is -1.32. The lowest BCUT2D eigenvalue weighted by Gasteiger charge is -2.21. The molecule has 17 nitrogen and oxygen atoms in total. The average Bonchev–Trinajstić information content (AvgIpc) is 0.943. The molecule has 19 heteroatoms. The Morgan fingerprint density at radius 1 is 0.272 bits per heavy atom. The maximum atomic E-state index is 13.1. The van der Waals surface area contributed by atoms with E-state index in [9.17, 15) is 43.2 Å². The van der Waals surface area contributed by atoms with Crippen LogP contribution in [0.25, 0.3) is 0 Å². The molecule has 0 saturated heterocycles. The lowest BCUT2D eigenvalue weighted by molar-refractivity contribution is -0.161. The highest BCUT2D eigenvalue weighted by molar-refractivity contribution is 7.47. The van der Waals surface area contributed by atoms with Crippen LogP contribution in [0, 0.1) is 5.92 Å². The smallest absolute Gasteiger partial charge is 0.462 e. The Bertz CT molecular complexity index is 1960. The quantitative estimate of drug-likeness (QED) is 0.0222. The Balaban J connectivity index is 5.23. The maximum Gasteiger partial charge on any atom is 0.472 e. The molecule has 0 aromatic rings. The van der Waals surface area contributed by atoms with Gasteiger partial charge in [-0.15, -0.1) is 0 Å². The summed E-state index contributed by atoms with van der Waals surface area (Å²) in [5.41, 5.74) is 0. The van der Waals surface area contributed by atoms with Gasteiger partial charge in [-0.2, -0.15) is 0 Å². The number of phosphoric acid groups is 2. The van der Waals surface area contributed by atoms with Crippen LogP contribution in [0.1, 0.15) is 452 Å². The first-order chi connectivity index (χ1) is 50.1. The van der Waals surface area contributed by atoms with Gasteiger partial charge in [-0.3, -0.25) is 37.3 Å². The van der Waals surface area contributed by atoms with Crippen molar-refractivity contribution in [3.8, 4) is 0 Å². The predicted molar refractivity (Wildman–Crippen MR) is 423 cm³/mol. The standard InChI is InChI=1S/C84H164O17P2/c1-6-10-13-16-19-22-25-28-30-32-33-34-35-36-37-39-42-45-48-55-60-65-70-84(89)100-79(73-94-81(86)67-62-57-52-46-43-41-38-31-29-26-23-20-17-14-11-7-2)75-98-102(90,91)96-71-78(85)72-97-103(92,93)99-76-80(74-95-82(87)68-63-58-53-50-49-51-56-61-66-77(5)9-4)101-83(88)69-64-59-54-47-44-40-27-24-21-18-15-12-8-3/h77-80,85H,6-76H2,1-5H3,(H,90,91)(H,92,93)/t77?,78-,79-,80-/m1/s1. The molecule has 0 saturated carbocycles. The van der Waals surface area contributed by atoms with Gasteiger partial charge in [0.15, 0.2) is 12.2 Å². The summed E-state index contributed by atoms with van der Waals surface area (Å²) in [6, 6.07) is 0. The minimum Gasteiger partial charge on any atom is -0.462 e. The van der Waals surface area contributed by atoms with Crippen LogP contribution >= 0.6 is 15.6 Å². The van der Waals surface area contributed by atoms with Crippen molar-refractivity contribution < 1.29 is 80.2 Å². The van der Waals surface area contributed by atoms with E-state index in [0.29, 0.717) is 25.7 Å². The highest BCUT2D eigenvalue weighted by Gasteiger charge is 2.30. The summed E-state index contributed by atoms with van der Waals surface area (Å²) in [5, 5.41) is 10.7. The van der Waals surface area contributed by atoms with E-state index in [1.165, 1.54) is 276 Å². The van der Waals surface area contributed by atoms with Crippen LogP contribution in [0.2, 0.25) is 0 Å². The van der Waals surface area contributed by atoms with Crippen molar-refractivity contribution in [2.75, 3.05) is 39.6 Å². The largest absolute Gasteiger partial charge is 0.472 e. The molecule has 0 amide bonds. The number of esters is 4. The second kappa shape index (κ2) is 76.8. The van der Waals surface area contributed by atoms with Crippen molar-refractivity contribution in [1.82, 2.24) is 0 Å². The number of aliphatic hydroxyl groups excluding tert-OH is 1. The van der Waals surface area contributed by atoms with Crippen molar-refractivity contribution in [3.05, 3.63) is 0 Å². The molecular formula is C84H164O17P2. The molecular weight excluding hydrogens is 1340 g/mol. The van der Waals surface area contributed by atoms with Gasteiger partial charge in [0, 0.05) is 25.7 Å². The number of hydrogen-bond acceptors (Lipinski definition) is 15. The van der Waals surface area contributed by atoms with Crippen molar-refractivity contribution in [2.24, 2.45) is 5.92 Å². The zero-order chi connectivity index (χ0) is 75.5. The molecule has 0 aliphatic heterocycles. The van der Waals surface area contributed by atoms with Crippen molar-refractivity contribution >= 4 is 39.5 Å². The summed E-state index contributed by atoms with van der Waals surface area (Å²) in [6.07, 6.45) is 69.4. The van der Waals surface area contributed by atoms with Gasteiger partial charge in [0.05, 0.1) is 26.4 Å². The van der Waals surface area contributed by atoms with Gasteiger partial charge < -0.3 is 33.8 Å². The fraction of sp³-hybridized carbons (Fsp3) is 0.952. The molecule has 0 aromatic carbocycles. The minimum atomic E-state index is -4.96. The Morgan fingerprint density at radius 3 is 0.689 bits per heavy atom. The first kappa shape index (κ1) is 101. The fourth-order valence-corrected chi connectivity index (χ4v) is 14.7. The minimum absolute atomic E-state index is 0.108. The number of ether oxygens (including phenoxy) is 4. The van der Waals surface area contributed by atoms with Crippen LogP contribution in [0.3, 0.4) is 0 Å². The van der Waals surface area contributed by atoms with Crippen molar-refractivity contribution in [1.29, 1.82) is 0 Å². The fourth-order valence-electron chi connectivity index (χ4n) is 13.1. The molecule has 612 valence electrons. The van der Waals surface area contributed by atoms with E-state index in [1.807, 2.05) is 0 Å². The third-order valence-corrected chi connectivity index (χ3v) is 22.0. The monoisotopic (exact) mass is 1510 g/mol. The second-order valence-corrected chi connectivity index (χ2v) is 33.4. The second-order valence-electron chi connectivity index (χ2n) is 30.5. The van der Waals surface area contributed by atoms with Gasteiger partial charge in [0.2, 0.25) is 0 Å². The third-order valence-electron chi connectivity index (χ3n) is 20.1. The number of hydrogen-bond donors (Lipinski definition) is 3. The van der Waals surface area contributed by atoms with E-state index < -0.39 is 97.5 Å². The molecule has 0 rings (SSSR count). The van der Waals surface area contributed by atoms with E-state index >= 15 is 0 Å². The van der Waals surface area contributed by atoms with E-state index in [0.717, 1.165) is 95.8 Å². The number of unbranched alkanes of at least 4 members (excludes halogenated alkanes) is 55. The molecule has 0 aliphatic carbocycles. The van der Waals surface area contributed by atoms with E-state index in [1.54, 1.807) is 0 Å². The van der Waals surface area contributed by atoms with E-state index in [2.05, 4.69) is 34.6 Å². The molecule has 103 heavy (non-hydrogen) atoms. The maximum absolute atomic E-state index is 13.1. The zero-order valence-corrected chi connectivity index (χ0v) is 69.3. The first-order valence-corrected chi connectivity index (χ1v) is 46.7. The topological polar surface area (TPSA) is 237 Å². The Hall–Kier alpha value is -1.94. The predicted octanol–water partition coefficient (Wildman–Crippen LogP) is 25.6. The van der Waals surface area contributed by atoms with Crippen LogP contribution in [0.15, 0.2) is 0 Å². The van der Waals surface area contributed by atoms with Gasteiger partial charge >= 0.3 is 39.5 Å². The number of carbonyl (C=O) groups excluding carboxylic acids is 4. The molecule has 0 aromatic heterocycles. The van der Waals surface area contributed by atoms with Crippen molar-refractivity contribution in [2.45, 2.75) is 470 Å². The van der Waals surface area contributed by atoms with Gasteiger partial charge in [-0.1, -0.05) is 401 Å². The normalized spacial score (nSPS) is 14.1. The average molecular weight is 1510 g/mol. The summed E-state index contributed by atoms with van der Waals surface area (Å²) in [6.45, 7) is 7.35. The lowest BCUT2D eigenvalue weighted by Crippen LogP contribution is -2.30. The van der Waals surface area contributed by atoms with Crippen LogP contribution in [0.4, 0.5) is 0 Å². The Morgan fingerprint density at radius 2 is 0.466 bits per heavy atom. The summed E-state index contributed by atoms with van der Waals surface area (Å²) in [4.78, 5) is 73.1. The molecule has 3 unspecified atom stereocenters. The van der Waals surface area contributed by atoms with E-state index in [4.69, 9.17) is 37.0 Å².